The summed E-state index contributed by atoms with van der Waals surface area (Å²) in [6.07, 6.45) is 3.12. The molecule has 1 aliphatic rings. The number of imidazole rings is 1. The van der Waals surface area contributed by atoms with Crippen LogP contribution in [0.4, 0.5) is 8.78 Å². The number of amides is 1. The number of halogens is 2. The number of aromatic amines is 1. The van der Waals surface area contributed by atoms with Crippen molar-refractivity contribution in [2.24, 2.45) is 0 Å². The average molecular weight is 323 g/mol. The number of aryl methyl sites for hydroxylation is 3. The van der Waals surface area contributed by atoms with Crippen molar-refractivity contribution in [2.75, 3.05) is 0 Å². The van der Waals surface area contributed by atoms with E-state index in [1.165, 1.54) is 6.20 Å². The number of H-pyrrole nitrogens is 1. The molecule has 2 heterocycles. The van der Waals surface area contributed by atoms with Crippen molar-refractivity contribution >= 4 is 5.91 Å². The van der Waals surface area contributed by atoms with Crippen LogP contribution < -0.4 is 5.32 Å². The zero-order chi connectivity index (χ0) is 16.4. The first-order chi connectivity index (χ1) is 11.0. The van der Waals surface area contributed by atoms with E-state index in [1.54, 1.807) is 6.92 Å². The zero-order valence-electron chi connectivity index (χ0n) is 12.9. The maximum Gasteiger partial charge on any atom is 0.257 e. The van der Waals surface area contributed by atoms with Crippen LogP contribution in [0.25, 0.3) is 0 Å². The van der Waals surface area contributed by atoms with Gasteiger partial charge >= 0.3 is 0 Å². The summed E-state index contributed by atoms with van der Waals surface area (Å²) in [7, 11) is 0. The van der Waals surface area contributed by atoms with E-state index in [4.69, 9.17) is 0 Å². The highest BCUT2D eigenvalue weighted by molar-refractivity contribution is 5.94. The van der Waals surface area contributed by atoms with Crippen LogP contribution in [0.5, 0.6) is 0 Å². The van der Waals surface area contributed by atoms with Crippen molar-refractivity contribution in [3.63, 3.8) is 0 Å². The molecular formula is C15H19F2N5O. The lowest BCUT2D eigenvalue weighted by atomic mass is 10.0. The summed E-state index contributed by atoms with van der Waals surface area (Å²) in [5, 5.41) is 6.69. The molecule has 124 valence electrons. The molecule has 23 heavy (non-hydrogen) atoms. The lowest BCUT2D eigenvalue weighted by Crippen LogP contribution is -2.23. The first-order valence-corrected chi connectivity index (χ1v) is 7.70. The number of alkyl halides is 2. The normalized spacial score (nSPS) is 14.1. The molecule has 0 saturated carbocycles. The third kappa shape index (κ3) is 3.57. The second-order valence-corrected chi connectivity index (χ2v) is 5.74. The molecule has 0 bridgehead atoms. The van der Waals surface area contributed by atoms with Crippen LogP contribution in [-0.4, -0.2) is 32.1 Å². The summed E-state index contributed by atoms with van der Waals surface area (Å²) < 4.78 is 25.8. The Morgan fingerprint density at radius 2 is 2.22 bits per heavy atom. The molecule has 1 amide bonds. The molecule has 0 saturated heterocycles. The molecule has 3 rings (SSSR count). The molecule has 2 aromatic heterocycles. The van der Waals surface area contributed by atoms with E-state index in [2.05, 4.69) is 20.4 Å². The fraction of sp³-hybridized carbons (Fsp3) is 0.533. The minimum Gasteiger partial charge on any atom is -0.345 e. The second-order valence-electron chi connectivity index (χ2n) is 5.74. The molecule has 0 unspecified atom stereocenters. The number of carbonyl (C=O) groups excluding carboxylic acids is 1. The van der Waals surface area contributed by atoms with Gasteiger partial charge in [0.25, 0.3) is 12.3 Å². The Morgan fingerprint density at radius 3 is 2.96 bits per heavy atom. The van der Waals surface area contributed by atoms with Crippen LogP contribution in [0, 0.1) is 6.92 Å². The highest BCUT2D eigenvalue weighted by Gasteiger charge is 2.17. The first kappa shape index (κ1) is 15.6. The van der Waals surface area contributed by atoms with Gasteiger partial charge in [0.15, 0.2) is 0 Å². The fourth-order valence-electron chi connectivity index (χ4n) is 2.83. The van der Waals surface area contributed by atoms with Crippen molar-refractivity contribution in [2.45, 2.75) is 52.1 Å². The molecule has 2 aromatic rings. The Morgan fingerprint density at radius 1 is 1.43 bits per heavy atom. The maximum absolute atomic E-state index is 12.4. The monoisotopic (exact) mass is 323 g/mol. The highest BCUT2D eigenvalue weighted by Crippen LogP contribution is 2.18. The summed E-state index contributed by atoms with van der Waals surface area (Å²) in [6, 6.07) is 0. The van der Waals surface area contributed by atoms with Gasteiger partial charge in [0.2, 0.25) is 0 Å². The molecule has 1 aliphatic carbocycles. The van der Waals surface area contributed by atoms with Crippen molar-refractivity contribution in [3.05, 3.63) is 34.7 Å². The van der Waals surface area contributed by atoms with Crippen LogP contribution in [-0.2, 0) is 25.9 Å². The van der Waals surface area contributed by atoms with Gasteiger partial charge in [-0.25, -0.2) is 13.8 Å². The van der Waals surface area contributed by atoms with Crippen molar-refractivity contribution in [1.29, 1.82) is 0 Å². The number of hydrogen-bond acceptors (Lipinski definition) is 3. The molecule has 8 heteroatoms. The Kier molecular flexibility index (Phi) is 4.40. The van der Waals surface area contributed by atoms with Crippen molar-refractivity contribution in [1.82, 2.24) is 25.1 Å². The highest BCUT2D eigenvalue weighted by atomic mass is 19.3. The van der Waals surface area contributed by atoms with Crippen LogP contribution >= 0.6 is 0 Å². The molecular weight excluding hydrogens is 304 g/mol. The molecule has 0 radical (unpaired) electrons. The Bertz CT molecular complexity index is 683. The molecule has 0 spiro atoms. The molecule has 0 aliphatic heterocycles. The van der Waals surface area contributed by atoms with Gasteiger partial charge in [-0.1, -0.05) is 0 Å². The van der Waals surface area contributed by atoms with Gasteiger partial charge in [-0.15, -0.1) is 0 Å². The number of hydrogen-bond donors (Lipinski definition) is 2. The topological polar surface area (TPSA) is 75.6 Å². The van der Waals surface area contributed by atoms with Crippen molar-refractivity contribution in [3.8, 4) is 0 Å². The second kappa shape index (κ2) is 6.47. The molecule has 0 atom stereocenters. The van der Waals surface area contributed by atoms with Gasteiger partial charge in [0, 0.05) is 11.9 Å². The summed E-state index contributed by atoms with van der Waals surface area (Å²) in [4.78, 5) is 19.9. The average Bonchev–Trinajstić information content (AvgIpc) is 3.07. The maximum atomic E-state index is 12.4. The van der Waals surface area contributed by atoms with Crippen LogP contribution in [0.1, 0.15) is 46.1 Å². The third-order valence-electron chi connectivity index (χ3n) is 3.94. The van der Waals surface area contributed by atoms with Gasteiger partial charge in [-0.05, 0) is 32.6 Å². The van der Waals surface area contributed by atoms with Crippen LogP contribution in [0.3, 0.4) is 0 Å². The lowest BCUT2D eigenvalue weighted by molar-refractivity contribution is 0.0948. The van der Waals surface area contributed by atoms with E-state index in [9.17, 15) is 13.6 Å². The summed E-state index contributed by atoms with van der Waals surface area (Å²) in [6.45, 7) is 1.40. The van der Waals surface area contributed by atoms with Gasteiger partial charge < -0.3 is 10.3 Å². The summed E-state index contributed by atoms with van der Waals surface area (Å²) in [5.41, 5.74) is 2.98. The Balaban J connectivity index is 1.63. The van der Waals surface area contributed by atoms with E-state index in [0.717, 1.165) is 47.6 Å². The number of carbonyl (C=O) groups is 1. The third-order valence-corrected chi connectivity index (χ3v) is 3.94. The van der Waals surface area contributed by atoms with Crippen molar-refractivity contribution < 1.29 is 13.6 Å². The largest absolute Gasteiger partial charge is 0.345 e. The summed E-state index contributed by atoms with van der Waals surface area (Å²) >= 11 is 0. The molecule has 0 aromatic carbocycles. The number of rotatable bonds is 5. The zero-order valence-corrected chi connectivity index (χ0v) is 12.9. The van der Waals surface area contributed by atoms with Gasteiger partial charge in [-0.3, -0.25) is 9.48 Å². The van der Waals surface area contributed by atoms with Gasteiger partial charge in [0.05, 0.1) is 23.5 Å². The predicted molar refractivity (Wildman–Crippen MR) is 79.4 cm³/mol. The Hall–Kier alpha value is -2.25. The van der Waals surface area contributed by atoms with Gasteiger partial charge in [0.1, 0.15) is 12.4 Å². The van der Waals surface area contributed by atoms with E-state index in [-0.39, 0.29) is 12.5 Å². The van der Waals surface area contributed by atoms with Gasteiger partial charge in [-0.2, -0.15) is 5.10 Å². The Labute approximate surface area is 132 Å². The number of nitrogens with zero attached hydrogens (tertiary/aromatic N) is 3. The number of aromatic nitrogens is 4. The quantitative estimate of drug-likeness (QED) is 0.883. The summed E-state index contributed by atoms with van der Waals surface area (Å²) in [5.74, 6) is 0.389. The smallest absolute Gasteiger partial charge is 0.257 e. The minimum absolute atomic E-state index is 0.283. The van der Waals surface area contributed by atoms with Crippen LogP contribution in [0.15, 0.2) is 6.20 Å². The minimum atomic E-state index is -2.50. The van der Waals surface area contributed by atoms with E-state index < -0.39 is 13.0 Å². The molecule has 6 nitrogen and oxygen atoms in total. The SMILES string of the molecule is Cc1nn(CC(F)F)cc1C(=O)NCc1nc2c([nH]1)CCCC2. The molecule has 2 N–H and O–H groups in total. The number of fused-ring (bicyclic) bond motifs is 1. The van der Waals surface area contributed by atoms with E-state index in [1.807, 2.05) is 0 Å². The standard InChI is InChI=1S/C15H19F2N5O/c1-9-10(7-22(21-9)8-13(16)17)15(23)18-6-14-19-11-4-2-3-5-12(11)20-14/h7,13H,2-6,8H2,1H3,(H,18,23)(H,19,20). The fourth-order valence-corrected chi connectivity index (χ4v) is 2.83. The molecule has 0 fully saturated rings. The van der Waals surface area contributed by atoms with E-state index >= 15 is 0 Å². The van der Waals surface area contributed by atoms with Crippen LogP contribution in [0.2, 0.25) is 0 Å². The van der Waals surface area contributed by atoms with E-state index in [0.29, 0.717) is 11.3 Å². The number of nitrogens with one attached hydrogen (secondary N) is 2. The predicted octanol–water partition coefficient (Wildman–Crippen LogP) is 1.99. The lowest BCUT2D eigenvalue weighted by Gasteiger charge is -2.07. The first-order valence-electron chi connectivity index (χ1n) is 7.70.